The molecule has 0 bridgehead atoms. The molecule has 78 valence electrons. The van der Waals surface area contributed by atoms with Crippen molar-refractivity contribution in [3.63, 3.8) is 0 Å². The van der Waals surface area contributed by atoms with Crippen molar-refractivity contribution in [2.45, 2.75) is 20.0 Å². The zero-order chi connectivity index (χ0) is 10.6. The summed E-state index contributed by atoms with van der Waals surface area (Å²) in [6.45, 7) is 4.83. The zero-order valence-electron chi connectivity index (χ0n) is 9.00. The number of hydrogen-bond donors (Lipinski definition) is 2. The number of anilines is 2. The van der Waals surface area contributed by atoms with Crippen LogP contribution in [0.2, 0.25) is 0 Å². The van der Waals surface area contributed by atoms with Gasteiger partial charge in [-0.25, -0.2) is 0 Å². The molecule has 1 unspecified atom stereocenters. The lowest BCUT2D eigenvalue weighted by molar-refractivity contribution is 0.129. The highest BCUT2D eigenvalue weighted by atomic mass is 16.5. The lowest BCUT2D eigenvalue weighted by Crippen LogP contribution is -2.18. The van der Waals surface area contributed by atoms with Crippen molar-refractivity contribution < 1.29 is 4.74 Å². The fraction of sp³-hybridized carbons (Fsp3) is 0.455. The number of rotatable bonds is 4. The van der Waals surface area contributed by atoms with Gasteiger partial charge in [0.1, 0.15) is 0 Å². The average Bonchev–Trinajstić information content (AvgIpc) is 2.19. The van der Waals surface area contributed by atoms with Gasteiger partial charge >= 0.3 is 0 Å². The van der Waals surface area contributed by atoms with Gasteiger partial charge < -0.3 is 15.8 Å². The van der Waals surface area contributed by atoms with Crippen molar-refractivity contribution in [1.29, 1.82) is 0 Å². The average molecular weight is 194 g/mol. The largest absolute Gasteiger partial charge is 0.399 e. The Bertz CT molecular complexity index is 299. The summed E-state index contributed by atoms with van der Waals surface area (Å²) in [6.07, 6.45) is 0.216. The number of nitrogens with one attached hydrogen (secondary N) is 1. The molecule has 0 heterocycles. The Morgan fingerprint density at radius 3 is 2.79 bits per heavy atom. The first-order chi connectivity index (χ1) is 6.63. The molecule has 0 saturated carbocycles. The molecule has 0 saturated heterocycles. The van der Waals surface area contributed by atoms with E-state index in [9.17, 15) is 0 Å². The van der Waals surface area contributed by atoms with Gasteiger partial charge in [0, 0.05) is 25.0 Å². The van der Waals surface area contributed by atoms with E-state index in [1.807, 2.05) is 32.0 Å². The molecule has 1 aromatic rings. The fourth-order valence-corrected chi connectivity index (χ4v) is 1.13. The highest BCUT2D eigenvalue weighted by molar-refractivity contribution is 5.56. The van der Waals surface area contributed by atoms with Gasteiger partial charge in [0.2, 0.25) is 0 Å². The van der Waals surface area contributed by atoms with E-state index in [1.54, 1.807) is 7.11 Å². The van der Waals surface area contributed by atoms with E-state index >= 15 is 0 Å². The van der Waals surface area contributed by atoms with Crippen molar-refractivity contribution in [2.24, 2.45) is 0 Å². The van der Waals surface area contributed by atoms with Crippen LogP contribution in [0.5, 0.6) is 0 Å². The summed E-state index contributed by atoms with van der Waals surface area (Å²) < 4.78 is 5.14. The van der Waals surface area contributed by atoms with Crippen molar-refractivity contribution in [3.05, 3.63) is 23.8 Å². The molecule has 1 rings (SSSR count). The molecule has 0 fully saturated rings. The molecule has 1 aromatic carbocycles. The zero-order valence-corrected chi connectivity index (χ0v) is 9.00. The number of aryl methyl sites for hydroxylation is 1. The molecule has 3 nitrogen and oxygen atoms in total. The Hall–Kier alpha value is -1.22. The molecule has 0 radical (unpaired) electrons. The van der Waals surface area contributed by atoms with Gasteiger partial charge in [-0.2, -0.15) is 0 Å². The molecule has 1 atom stereocenters. The number of nitrogen functional groups attached to an aromatic ring is 1. The van der Waals surface area contributed by atoms with E-state index in [4.69, 9.17) is 10.5 Å². The van der Waals surface area contributed by atoms with Crippen LogP contribution in [0.4, 0.5) is 11.4 Å². The summed E-state index contributed by atoms with van der Waals surface area (Å²) in [5.74, 6) is 0. The van der Waals surface area contributed by atoms with Gasteiger partial charge in [-0.3, -0.25) is 0 Å². The van der Waals surface area contributed by atoms with Crippen molar-refractivity contribution in [1.82, 2.24) is 0 Å². The quantitative estimate of drug-likeness (QED) is 0.721. The maximum atomic E-state index is 5.72. The third-order valence-electron chi connectivity index (χ3n) is 2.27. The Morgan fingerprint density at radius 2 is 2.21 bits per heavy atom. The second kappa shape index (κ2) is 4.86. The van der Waals surface area contributed by atoms with E-state index in [0.717, 1.165) is 23.5 Å². The summed E-state index contributed by atoms with van der Waals surface area (Å²) in [4.78, 5) is 0. The van der Waals surface area contributed by atoms with Crippen molar-refractivity contribution in [3.8, 4) is 0 Å². The molecule has 14 heavy (non-hydrogen) atoms. The van der Waals surface area contributed by atoms with Gasteiger partial charge in [0.05, 0.1) is 6.10 Å². The first-order valence-corrected chi connectivity index (χ1v) is 4.76. The molecule has 0 aliphatic carbocycles. The third-order valence-corrected chi connectivity index (χ3v) is 2.27. The van der Waals surface area contributed by atoms with E-state index < -0.39 is 0 Å². The lowest BCUT2D eigenvalue weighted by atomic mass is 10.2. The lowest BCUT2D eigenvalue weighted by Gasteiger charge is -2.12. The predicted molar refractivity (Wildman–Crippen MR) is 60.6 cm³/mol. The number of benzene rings is 1. The van der Waals surface area contributed by atoms with Crippen LogP contribution >= 0.6 is 0 Å². The van der Waals surface area contributed by atoms with E-state index in [0.29, 0.717) is 0 Å². The molecule has 0 aliphatic rings. The van der Waals surface area contributed by atoms with Crippen LogP contribution in [0, 0.1) is 6.92 Å². The van der Waals surface area contributed by atoms with Crippen LogP contribution in [0.25, 0.3) is 0 Å². The number of ether oxygens (including phenoxy) is 1. The SMILES string of the molecule is COC(C)CNc1ccc(N)c(C)c1. The van der Waals surface area contributed by atoms with Crippen molar-refractivity contribution in [2.75, 3.05) is 24.7 Å². The molecular formula is C11H18N2O. The highest BCUT2D eigenvalue weighted by Gasteiger charge is 2.00. The van der Waals surface area contributed by atoms with Crippen molar-refractivity contribution >= 4 is 11.4 Å². The topological polar surface area (TPSA) is 47.3 Å². The maximum absolute atomic E-state index is 5.72. The maximum Gasteiger partial charge on any atom is 0.0715 e. The van der Waals surface area contributed by atoms with Crippen LogP contribution < -0.4 is 11.1 Å². The Balaban J connectivity index is 2.55. The monoisotopic (exact) mass is 194 g/mol. The summed E-state index contributed by atoms with van der Waals surface area (Å²) in [5.41, 5.74) is 8.73. The van der Waals surface area contributed by atoms with Crippen LogP contribution in [0.1, 0.15) is 12.5 Å². The smallest absolute Gasteiger partial charge is 0.0715 e. The number of methoxy groups -OCH3 is 1. The molecular weight excluding hydrogens is 176 g/mol. The van der Waals surface area contributed by atoms with E-state index in [2.05, 4.69) is 5.32 Å². The van der Waals surface area contributed by atoms with E-state index in [1.165, 1.54) is 0 Å². The van der Waals surface area contributed by atoms with Crippen LogP contribution in [-0.2, 0) is 4.74 Å². The summed E-state index contributed by atoms with van der Waals surface area (Å²) in [6, 6.07) is 5.93. The number of hydrogen-bond acceptors (Lipinski definition) is 3. The van der Waals surface area contributed by atoms with Crippen LogP contribution in [0.15, 0.2) is 18.2 Å². The Kier molecular flexibility index (Phi) is 3.77. The Labute approximate surface area is 85.3 Å². The summed E-state index contributed by atoms with van der Waals surface area (Å²) in [5, 5.41) is 3.28. The molecule has 0 spiro atoms. The second-order valence-electron chi connectivity index (χ2n) is 3.50. The van der Waals surface area contributed by atoms with Gasteiger partial charge in [-0.05, 0) is 37.6 Å². The highest BCUT2D eigenvalue weighted by Crippen LogP contribution is 2.16. The van der Waals surface area contributed by atoms with Crippen LogP contribution in [0.3, 0.4) is 0 Å². The fourth-order valence-electron chi connectivity index (χ4n) is 1.13. The standard InChI is InChI=1S/C11H18N2O/c1-8-6-10(4-5-11(8)12)13-7-9(2)14-3/h4-6,9,13H,7,12H2,1-3H3. The third kappa shape index (κ3) is 2.92. The molecule has 3 N–H and O–H groups in total. The first-order valence-electron chi connectivity index (χ1n) is 4.76. The molecule has 0 aromatic heterocycles. The number of nitrogens with two attached hydrogens (primary N) is 1. The Morgan fingerprint density at radius 1 is 1.50 bits per heavy atom. The van der Waals surface area contributed by atoms with Crippen LogP contribution in [-0.4, -0.2) is 19.8 Å². The minimum absolute atomic E-state index is 0.216. The van der Waals surface area contributed by atoms with Gasteiger partial charge in [-0.15, -0.1) is 0 Å². The van der Waals surface area contributed by atoms with Gasteiger partial charge in [-0.1, -0.05) is 0 Å². The summed E-state index contributed by atoms with van der Waals surface area (Å²) in [7, 11) is 1.71. The summed E-state index contributed by atoms with van der Waals surface area (Å²) >= 11 is 0. The van der Waals surface area contributed by atoms with E-state index in [-0.39, 0.29) is 6.10 Å². The minimum atomic E-state index is 0.216. The minimum Gasteiger partial charge on any atom is -0.399 e. The predicted octanol–water partition coefficient (Wildman–Crippen LogP) is 2.02. The molecule has 0 amide bonds. The molecule has 0 aliphatic heterocycles. The molecule has 3 heteroatoms. The first kappa shape index (κ1) is 10.9. The second-order valence-corrected chi connectivity index (χ2v) is 3.50. The normalized spacial score (nSPS) is 12.5. The van der Waals surface area contributed by atoms with Gasteiger partial charge in [0.15, 0.2) is 0 Å². The van der Waals surface area contributed by atoms with Gasteiger partial charge in [0.25, 0.3) is 0 Å².